The average molecular weight is 203 g/mol. The first-order valence-electron chi connectivity index (χ1n) is 5.50. The predicted octanol–water partition coefficient (Wildman–Crippen LogP) is 1.82. The van der Waals surface area contributed by atoms with Crippen molar-refractivity contribution in [3.8, 4) is 0 Å². The van der Waals surface area contributed by atoms with E-state index in [9.17, 15) is 0 Å². The summed E-state index contributed by atoms with van der Waals surface area (Å²) >= 11 is 0. The van der Waals surface area contributed by atoms with Crippen LogP contribution in [0.1, 0.15) is 33.6 Å². The first-order valence-corrected chi connectivity index (χ1v) is 5.50. The molecular formula is C11H25NO2. The van der Waals surface area contributed by atoms with Gasteiger partial charge in [0, 0.05) is 26.4 Å². The van der Waals surface area contributed by atoms with Gasteiger partial charge in [0.2, 0.25) is 0 Å². The van der Waals surface area contributed by atoms with Gasteiger partial charge < -0.3 is 14.8 Å². The van der Waals surface area contributed by atoms with Crippen LogP contribution >= 0.6 is 0 Å². The van der Waals surface area contributed by atoms with E-state index >= 15 is 0 Å². The summed E-state index contributed by atoms with van der Waals surface area (Å²) in [5, 5.41) is 3.43. The highest BCUT2D eigenvalue weighted by atomic mass is 16.5. The third-order valence-corrected chi connectivity index (χ3v) is 2.02. The van der Waals surface area contributed by atoms with E-state index in [0.29, 0.717) is 12.1 Å². The molecule has 0 amide bonds. The number of rotatable bonds is 9. The highest BCUT2D eigenvalue weighted by Crippen LogP contribution is 1.93. The molecule has 0 aromatic heterocycles. The summed E-state index contributed by atoms with van der Waals surface area (Å²) in [5.41, 5.74) is 0. The Labute approximate surface area is 88.2 Å². The van der Waals surface area contributed by atoms with E-state index in [4.69, 9.17) is 9.47 Å². The molecule has 0 aliphatic rings. The molecule has 0 aromatic rings. The number of hydrogen-bond donors (Lipinski definition) is 1. The average Bonchev–Trinajstić information content (AvgIpc) is 2.13. The van der Waals surface area contributed by atoms with Gasteiger partial charge in [0.1, 0.15) is 0 Å². The second-order valence-electron chi connectivity index (χ2n) is 3.91. The summed E-state index contributed by atoms with van der Waals surface area (Å²) in [7, 11) is 1.74. The molecule has 0 fully saturated rings. The summed E-state index contributed by atoms with van der Waals surface area (Å²) in [6.07, 6.45) is 2.50. The minimum atomic E-state index is 0.348. The largest absolute Gasteiger partial charge is 0.385 e. The van der Waals surface area contributed by atoms with Crippen LogP contribution in [0.15, 0.2) is 0 Å². The Kier molecular flexibility index (Phi) is 9.35. The van der Waals surface area contributed by atoms with E-state index in [1.54, 1.807) is 7.11 Å². The van der Waals surface area contributed by atoms with Gasteiger partial charge in [0.25, 0.3) is 0 Å². The van der Waals surface area contributed by atoms with Crippen molar-refractivity contribution < 1.29 is 9.47 Å². The van der Waals surface area contributed by atoms with Crippen molar-refractivity contribution in [3.63, 3.8) is 0 Å². The summed E-state index contributed by atoms with van der Waals surface area (Å²) in [6, 6.07) is 0.536. The van der Waals surface area contributed by atoms with E-state index in [1.165, 1.54) is 0 Å². The zero-order valence-electron chi connectivity index (χ0n) is 10.0. The molecule has 0 aliphatic heterocycles. The van der Waals surface area contributed by atoms with Crippen LogP contribution in [0, 0.1) is 0 Å². The number of methoxy groups -OCH3 is 1. The summed E-state index contributed by atoms with van der Waals surface area (Å²) in [5.74, 6) is 0. The monoisotopic (exact) mass is 203 g/mol. The Bertz CT molecular complexity index is 118. The van der Waals surface area contributed by atoms with E-state index < -0.39 is 0 Å². The van der Waals surface area contributed by atoms with E-state index in [-0.39, 0.29) is 0 Å². The van der Waals surface area contributed by atoms with Crippen LogP contribution in [-0.2, 0) is 9.47 Å². The smallest absolute Gasteiger partial charge is 0.0518 e. The third-order valence-electron chi connectivity index (χ3n) is 2.02. The van der Waals surface area contributed by atoms with Crippen LogP contribution in [0.3, 0.4) is 0 Å². The fraction of sp³-hybridized carbons (Fsp3) is 1.00. The second-order valence-corrected chi connectivity index (χ2v) is 3.91. The van der Waals surface area contributed by atoms with Crippen LogP contribution in [0.2, 0.25) is 0 Å². The topological polar surface area (TPSA) is 30.5 Å². The molecule has 0 rings (SSSR count). The molecule has 1 N–H and O–H groups in total. The summed E-state index contributed by atoms with van der Waals surface area (Å²) in [6.45, 7) is 9.02. The zero-order chi connectivity index (χ0) is 10.8. The lowest BCUT2D eigenvalue weighted by Gasteiger charge is -2.13. The molecule has 0 spiro atoms. The van der Waals surface area contributed by atoms with Gasteiger partial charge in [0.15, 0.2) is 0 Å². The van der Waals surface area contributed by atoms with Crippen LogP contribution in [-0.4, -0.2) is 39.0 Å². The Morgan fingerprint density at radius 3 is 2.43 bits per heavy atom. The Morgan fingerprint density at radius 1 is 1.14 bits per heavy atom. The Hall–Kier alpha value is -0.120. The SMILES string of the molecule is COCCC(C)NCCCOC(C)C. The van der Waals surface area contributed by atoms with Gasteiger partial charge in [-0.15, -0.1) is 0 Å². The highest BCUT2D eigenvalue weighted by Gasteiger charge is 1.99. The van der Waals surface area contributed by atoms with Gasteiger partial charge in [-0.25, -0.2) is 0 Å². The Balaban J connectivity index is 3.10. The second kappa shape index (κ2) is 9.44. The Morgan fingerprint density at radius 2 is 1.86 bits per heavy atom. The molecule has 86 valence electrons. The van der Waals surface area contributed by atoms with E-state index in [1.807, 2.05) is 0 Å². The third kappa shape index (κ3) is 9.96. The maximum atomic E-state index is 5.44. The molecule has 0 radical (unpaired) electrons. The minimum absolute atomic E-state index is 0.348. The lowest BCUT2D eigenvalue weighted by molar-refractivity contribution is 0.0765. The van der Waals surface area contributed by atoms with Crippen molar-refractivity contribution in [1.29, 1.82) is 0 Å². The molecule has 0 aromatic carbocycles. The quantitative estimate of drug-likeness (QED) is 0.580. The molecule has 0 heterocycles. The molecule has 0 bridgehead atoms. The van der Waals surface area contributed by atoms with Crippen LogP contribution in [0.4, 0.5) is 0 Å². The van der Waals surface area contributed by atoms with Crippen molar-refractivity contribution in [2.24, 2.45) is 0 Å². The van der Waals surface area contributed by atoms with Crippen LogP contribution in [0.25, 0.3) is 0 Å². The van der Waals surface area contributed by atoms with E-state index in [0.717, 1.165) is 32.6 Å². The predicted molar refractivity (Wildman–Crippen MR) is 59.7 cm³/mol. The zero-order valence-corrected chi connectivity index (χ0v) is 10.0. The standard InChI is InChI=1S/C11H25NO2/c1-10(2)14-8-5-7-12-11(3)6-9-13-4/h10-12H,5-9H2,1-4H3. The van der Waals surface area contributed by atoms with Crippen molar-refractivity contribution in [2.75, 3.05) is 26.9 Å². The van der Waals surface area contributed by atoms with Gasteiger partial charge in [-0.05, 0) is 40.2 Å². The first kappa shape index (κ1) is 13.9. The maximum absolute atomic E-state index is 5.44. The number of ether oxygens (including phenoxy) is 2. The van der Waals surface area contributed by atoms with Gasteiger partial charge in [0.05, 0.1) is 6.10 Å². The van der Waals surface area contributed by atoms with Crippen LogP contribution < -0.4 is 5.32 Å². The summed E-state index contributed by atoms with van der Waals surface area (Å²) < 4.78 is 10.4. The van der Waals surface area contributed by atoms with Gasteiger partial charge in [-0.3, -0.25) is 0 Å². The molecule has 1 unspecified atom stereocenters. The molecule has 0 saturated heterocycles. The number of nitrogens with one attached hydrogen (secondary N) is 1. The normalized spacial score (nSPS) is 13.5. The van der Waals surface area contributed by atoms with Gasteiger partial charge in [-0.1, -0.05) is 0 Å². The number of hydrogen-bond acceptors (Lipinski definition) is 3. The highest BCUT2D eigenvalue weighted by molar-refractivity contribution is 4.59. The van der Waals surface area contributed by atoms with Gasteiger partial charge in [-0.2, -0.15) is 0 Å². The molecule has 1 atom stereocenters. The van der Waals surface area contributed by atoms with E-state index in [2.05, 4.69) is 26.1 Å². The molecule has 3 nitrogen and oxygen atoms in total. The van der Waals surface area contributed by atoms with Crippen molar-refractivity contribution >= 4 is 0 Å². The first-order chi connectivity index (χ1) is 6.66. The summed E-state index contributed by atoms with van der Waals surface area (Å²) in [4.78, 5) is 0. The van der Waals surface area contributed by atoms with Crippen molar-refractivity contribution in [2.45, 2.75) is 45.8 Å². The van der Waals surface area contributed by atoms with Crippen molar-refractivity contribution in [3.05, 3.63) is 0 Å². The molecule has 0 saturated carbocycles. The van der Waals surface area contributed by atoms with Crippen LogP contribution in [0.5, 0.6) is 0 Å². The maximum Gasteiger partial charge on any atom is 0.0518 e. The molecular weight excluding hydrogens is 178 g/mol. The fourth-order valence-electron chi connectivity index (χ4n) is 1.14. The minimum Gasteiger partial charge on any atom is -0.385 e. The molecule has 0 aliphatic carbocycles. The fourth-order valence-corrected chi connectivity index (χ4v) is 1.14. The van der Waals surface area contributed by atoms with Crippen molar-refractivity contribution in [1.82, 2.24) is 5.32 Å². The lowest BCUT2D eigenvalue weighted by atomic mass is 10.2. The molecule has 14 heavy (non-hydrogen) atoms. The van der Waals surface area contributed by atoms with Gasteiger partial charge >= 0.3 is 0 Å². The molecule has 3 heteroatoms. The lowest BCUT2D eigenvalue weighted by Crippen LogP contribution is -2.28.